The number of hydrogen-bond donors (Lipinski definition) is 1. The second-order valence-corrected chi connectivity index (χ2v) is 4.65. The second-order valence-electron chi connectivity index (χ2n) is 3.56. The molecule has 4 nitrogen and oxygen atoms in total. The minimum Gasteiger partial charge on any atom is -0.383 e. The van der Waals surface area contributed by atoms with Crippen LogP contribution in [0.3, 0.4) is 0 Å². The molecule has 0 saturated heterocycles. The SMILES string of the molecule is CCN(CC)CCSc1ncnc(N)c1C. The van der Waals surface area contributed by atoms with Crippen LogP contribution in [0.15, 0.2) is 11.4 Å². The molecule has 2 N–H and O–H groups in total. The molecule has 0 saturated carbocycles. The third-order valence-electron chi connectivity index (χ3n) is 2.62. The summed E-state index contributed by atoms with van der Waals surface area (Å²) in [5, 5.41) is 1.000. The van der Waals surface area contributed by atoms with Crippen molar-refractivity contribution >= 4 is 17.6 Å². The molecule has 5 heteroatoms. The van der Waals surface area contributed by atoms with Crippen LogP contribution >= 0.6 is 11.8 Å². The van der Waals surface area contributed by atoms with Crippen molar-refractivity contribution in [1.82, 2.24) is 14.9 Å². The van der Waals surface area contributed by atoms with Crippen molar-refractivity contribution in [3.05, 3.63) is 11.9 Å². The third kappa shape index (κ3) is 3.64. The first-order chi connectivity index (χ1) is 7.69. The standard InChI is InChI=1S/C11H20N4S/c1-4-15(5-2)6-7-16-11-9(3)10(12)13-8-14-11/h8H,4-7H2,1-3H3,(H2,12,13,14). The predicted octanol–water partition coefficient (Wildman–Crippen LogP) is 1.80. The predicted molar refractivity (Wildman–Crippen MR) is 69.7 cm³/mol. The summed E-state index contributed by atoms with van der Waals surface area (Å²) in [6.07, 6.45) is 1.53. The van der Waals surface area contributed by atoms with Gasteiger partial charge in [0.2, 0.25) is 0 Å². The minimum absolute atomic E-state index is 0.584. The van der Waals surface area contributed by atoms with Gasteiger partial charge in [0.25, 0.3) is 0 Å². The smallest absolute Gasteiger partial charge is 0.130 e. The van der Waals surface area contributed by atoms with Crippen molar-refractivity contribution in [3.63, 3.8) is 0 Å². The highest BCUT2D eigenvalue weighted by Gasteiger charge is 2.05. The van der Waals surface area contributed by atoms with E-state index in [-0.39, 0.29) is 0 Å². The molecule has 0 radical (unpaired) electrons. The fourth-order valence-electron chi connectivity index (χ4n) is 1.40. The zero-order chi connectivity index (χ0) is 12.0. The van der Waals surface area contributed by atoms with Crippen LogP contribution in [-0.2, 0) is 0 Å². The van der Waals surface area contributed by atoms with E-state index in [1.807, 2.05) is 6.92 Å². The number of nitrogen functional groups attached to an aromatic ring is 1. The Hall–Kier alpha value is -0.810. The van der Waals surface area contributed by atoms with Crippen LogP contribution in [0.5, 0.6) is 0 Å². The van der Waals surface area contributed by atoms with Gasteiger partial charge in [-0.05, 0) is 20.0 Å². The summed E-state index contributed by atoms with van der Waals surface area (Å²) >= 11 is 1.75. The minimum atomic E-state index is 0.584. The molecule has 0 bridgehead atoms. The summed E-state index contributed by atoms with van der Waals surface area (Å²) in [4.78, 5) is 10.6. The number of nitrogens with zero attached hydrogens (tertiary/aromatic N) is 3. The summed E-state index contributed by atoms with van der Waals surface area (Å²) in [7, 11) is 0. The number of anilines is 1. The van der Waals surface area contributed by atoms with E-state index >= 15 is 0 Å². The molecule has 1 rings (SSSR count). The van der Waals surface area contributed by atoms with Crippen LogP contribution < -0.4 is 5.73 Å². The highest BCUT2D eigenvalue weighted by Crippen LogP contribution is 2.21. The van der Waals surface area contributed by atoms with Gasteiger partial charge < -0.3 is 10.6 Å². The van der Waals surface area contributed by atoms with Crippen molar-refractivity contribution in [2.45, 2.75) is 25.8 Å². The van der Waals surface area contributed by atoms with Gasteiger partial charge in [-0.1, -0.05) is 13.8 Å². The zero-order valence-electron chi connectivity index (χ0n) is 10.2. The Morgan fingerprint density at radius 3 is 2.62 bits per heavy atom. The van der Waals surface area contributed by atoms with E-state index in [0.717, 1.165) is 36.0 Å². The Kier molecular flexibility index (Phi) is 5.55. The normalized spacial score (nSPS) is 11.0. The molecule has 1 aromatic heterocycles. The number of nitrogens with two attached hydrogens (primary N) is 1. The number of rotatable bonds is 6. The highest BCUT2D eigenvalue weighted by molar-refractivity contribution is 7.99. The van der Waals surface area contributed by atoms with Gasteiger partial charge in [0.1, 0.15) is 17.2 Å². The molecule has 90 valence electrons. The van der Waals surface area contributed by atoms with E-state index in [1.54, 1.807) is 11.8 Å². The maximum Gasteiger partial charge on any atom is 0.130 e. The lowest BCUT2D eigenvalue weighted by Crippen LogP contribution is -2.25. The molecule has 0 spiro atoms. The van der Waals surface area contributed by atoms with E-state index < -0.39 is 0 Å². The topological polar surface area (TPSA) is 55.0 Å². The van der Waals surface area contributed by atoms with Crippen molar-refractivity contribution < 1.29 is 0 Å². The Bertz CT molecular complexity index is 326. The molecule has 0 atom stereocenters. The Balaban J connectivity index is 2.46. The number of thioether (sulfide) groups is 1. The Morgan fingerprint density at radius 2 is 2.00 bits per heavy atom. The molecule has 1 heterocycles. The molecular weight excluding hydrogens is 220 g/mol. The molecule has 0 aliphatic carbocycles. The summed E-state index contributed by atoms with van der Waals surface area (Å²) in [6, 6.07) is 0. The number of aromatic nitrogens is 2. The fraction of sp³-hybridized carbons (Fsp3) is 0.636. The van der Waals surface area contributed by atoms with Gasteiger partial charge >= 0.3 is 0 Å². The quantitative estimate of drug-likeness (QED) is 0.607. The lowest BCUT2D eigenvalue weighted by Gasteiger charge is -2.17. The summed E-state index contributed by atoms with van der Waals surface area (Å²) in [5.41, 5.74) is 6.72. The molecule has 0 fully saturated rings. The van der Waals surface area contributed by atoms with Crippen LogP contribution in [-0.4, -0.2) is 40.3 Å². The van der Waals surface area contributed by atoms with Gasteiger partial charge in [0.15, 0.2) is 0 Å². The summed E-state index contributed by atoms with van der Waals surface area (Å²) < 4.78 is 0. The molecule has 0 aliphatic heterocycles. The molecule has 0 aliphatic rings. The van der Waals surface area contributed by atoms with Gasteiger partial charge in [-0.2, -0.15) is 0 Å². The van der Waals surface area contributed by atoms with E-state index in [9.17, 15) is 0 Å². The largest absolute Gasteiger partial charge is 0.383 e. The molecular formula is C11H20N4S. The maximum atomic E-state index is 5.73. The van der Waals surface area contributed by atoms with Crippen LogP contribution in [0, 0.1) is 6.92 Å². The first kappa shape index (κ1) is 13.3. The third-order valence-corrected chi connectivity index (χ3v) is 3.69. The second kappa shape index (κ2) is 6.70. The summed E-state index contributed by atoms with van der Waals surface area (Å²) in [5.74, 6) is 1.62. The molecule has 16 heavy (non-hydrogen) atoms. The zero-order valence-corrected chi connectivity index (χ0v) is 11.0. The maximum absolute atomic E-state index is 5.73. The van der Waals surface area contributed by atoms with Crippen LogP contribution in [0.25, 0.3) is 0 Å². The van der Waals surface area contributed by atoms with Gasteiger partial charge in [0, 0.05) is 17.9 Å². The monoisotopic (exact) mass is 240 g/mol. The molecule has 0 aromatic carbocycles. The van der Waals surface area contributed by atoms with Gasteiger partial charge in [-0.15, -0.1) is 11.8 Å². The van der Waals surface area contributed by atoms with Crippen LogP contribution in [0.1, 0.15) is 19.4 Å². The van der Waals surface area contributed by atoms with E-state index in [2.05, 4.69) is 28.7 Å². The van der Waals surface area contributed by atoms with Gasteiger partial charge in [0.05, 0.1) is 0 Å². The fourth-order valence-corrected chi connectivity index (χ4v) is 2.39. The first-order valence-corrected chi connectivity index (χ1v) is 6.59. The molecule has 1 aromatic rings. The van der Waals surface area contributed by atoms with Crippen molar-refractivity contribution in [1.29, 1.82) is 0 Å². The lowest BCUT2D eigenvalue weighted by atomic mass is 10.4. The average Bonchev–Trinajstić information content (AvgIpc) is 2.30. The van der Waals surface area contributed by atoms with E-state index in [0.29, 0.717) is 5.82 Å². The lowest BCUT2D eigenvalue weighted by molar-refractivity contribution is 0.324. The molecule has 0 amide bonds. The van der Waals surface area contributed by atoms with E-state index in [4.69, 9.17) is 5.73 Å². The van der Waals surface area contributed by atoms with Gasteiger partial charge in [-0.25, -0.2) is 9.97 Å². The Morgan fingerprint density at radius 1 is 1.31 bits per heavy atom. The molecule has 0 unspecified atom stereocenters. The van der Waals surface area contributed by atoms with E-state index in [1.165, 1.54) is 6.33 Å². The highest BCUT2D eigenvalue weighted by atomic mass is 32.2. The number of hydrogen-bond acceptors (Lipinski definition) is 5. The van der Waals surface area contributed by atoms with Crippen molar-refractivity contribution in [2.24, 2.45) is 0 Å². The average molecular weight is 240 g/mol. The Labute approximate surface area is 102 Å². The van der Waals surface area contributed by atoms with Crippen LogP contribution in [0.4, 0.5) is 5.82 Å². The van der Waals surface area contributed by atoms with Gasteiger partial charge in [-0.3, -0.25) is 0 Å². The van der Waals surface area contributed by atoms with Crippen molar-refractivity contribution in [2.75, 3.05) is 31.1 Å². The summed E-state index contributed by atoms with van der Waals surface area (Å²) in [6.45, 7) is 9.62. The van der Waals surface area contributed by atoms with Crippen molar-refractivity contribution in [3.8, 4) is 0 Å². The van der Waals surface area contributed by atoms with Crippen LogP contribution in [0.2, 0.25) is 0 Å². The first-order valence-electron chi connectivity index (χ1n) is 5.61.